The predicted molar refractivity (Wildman–Crippen MR) is 137 cm³/mol. The molecule has 0 unspecified atom stereocenters. The molecule has 2 heterocycles. The molecule has 34 heavy (non-hydrogen) atoms. The Kier molecular flexibility index (Phi) is 7.20. The van der Waals surface area contributed by atoms with Crippen LogP contribution in [0.15, 0.2) is 52.2 Å². The van der Waals surface area contributed by atoms with Crippen LogP contribution in [0.4, 0.5) is 21.6 Å². The zero-order valence-electron chi connectivity index (χ0n) is 18.4. The summed E-state index contributed by atoms with van der Waals surface area (Å²) in [5.74, 6) is -0.218. The Morgan fingerprint density at radius 1 is 1.15 bits per heavy atom. The number of carbonyl (C=O) groups is 1. The standard InChI is InChI=1S/C22H20N6O3S3/c1-12-7-8-17(13(2)9-12)23-21-26-27-22(34-21)33-14(3)19(29)25-20-24-18(11-32-20)15-5-4-6-16(10-15)28(30)31/h4-11,14H,1-3H3,(H,23,26)(H,24,25,29)/t14-/m1/s1. The summed E-state index contributed by atoms with van der Waals surface area (Å²) >= 11 is 3.95. The molecule has 1 atom stereocenters. The van der Waals surface area contributed by atoms with Crippen LogP contribution in [0.25, 0.3) is 11.3 Å². The highest BCUT2D eigenvalue weighted by Crippen LogP contribution is 2.32. The summed E-state index contributed by atoms with van der Waals surface area (Å²) < 4.78 is 0.673. The number of amides is 1. The maximum Gasteiger partial charge on any atom is 0.270 e. The van der Waals surface area contributed by atoms with Gasteiger partial charge in [0.2, 0.25) is 11.0 Å². The predicted octanol–water partition coefficient (Wildman–Crippen LogP) is 6.05. The van der Waals surface area contributed by atoms with E-state index in [1.54, 1.807) is 24.4 Å². The first kappa shape index (κ1) is 23.8. The van der Waals surface area contributed by atoms with Gasteiger partial charge in [0.15, 0.2) is 9.47 Å². The number of nitro benzene ring substituents is 1. The van der Waals surface area contributed by atoms with Crippen molar-refractivity contribution < 1.29 is 9.72 Å². The minimum absolute atomic E-state index is 0.00966. The van der Waals surface area contributed by atoms with Crippen LogP contribution in [0.3, 0.4) is 0 Å². The van der Waals surface area contributed by atoms with E-state index < -0.39 is 10.2 Å². The number of benzene rings is 2. The van der Waals surface area contributed by atoms with Crippen molar-refractivity contribution in [3.05, 3.63) is 69.1 Å². The fourth-order valence-corrected chi connectivity index (χ4v) is 5.66. The number of non-ortho nitro benzene ring substituents is 1. The monoisotopic (exact) mass is 512 g/mol. The first-order valence-electron chi connectivity index (χ1n) is 10.1. The zero-order valence-corrected chi connectivity index (χ0v) is 20.9. The lowest BCUT2D eigenvalue weighted by atomic mass is 10.1. The number of nitrogens with one attached hydrogen (secondary N) is 2. The Morgan fingerprint density at radius 2 is 1.97 bits per heavy atom. The highest BCUT2D eigenvalue weighted by Gasteiger charge is 2.19. The van der Waals surface area contributed by atoms with Crippen molar-refractivity contribution in [1.82, 2.24) is 15.2 Å². The number of rotatable bonds is 8. The molecule has 4 aromatic rings. The van der Waals surface area contributed by atoms with E-state index in [-0.39, 0.29) is 11.6 Å². The van der Waals surface area contributed by atoms with Gasteiger partial charge in [-0.1, -0.05) is 52.9 Å². The number of nitrogens with zero attached hydrogens (tertiary/aromatic N) is 4. The fourth-order valence-electron chi connectivity index (χ4n) is 3.03. The van der Waals surface area contributed by atoms with E-state index in [2.05, 4.69) is 31.9 Å². The molecule has 0 aliphatic rings. The number of aryl methyl sites for hydroxylation is 2. The van der Waals surface area contributed by atoms with E-state index in [0.29, 0.717) is 25.9 Å². The maximum atomic E-state index is 12.7. The van der Waals surface area contributed by atoms with E-state index in [9.17, 15) is 14.9 Å². The summed E-state index contributed by atoms with van der Waals surface area (Å²) in [5.41, 5.74) is 4.44. The van der Waals surface area contributed by atoms with E-state index in [4.69, 9.17) is 0 Å². The summed E-state index contributed by atoms with van der Waals surface area (Å²) in [6.45, 7) is 5.86. The highest BCUT2D eigenvalue weighted by molar-refractivity contribution is 8.02. The average molecular weight is 513 g/mol. The second-order valence-corrected chi connectivity index (χ2v) is 10.8. The summed E-state index contributed by atoms with van der Waals surface area (Å²) in [6.07, 6.45) is 0. The normalized spacial score (nSPS) is 11.7. The topological polar surface area (TPSA) is 123 Å². The van der Waals surface area contributed by atoms with Gasteiger partial charge in [0.05, 0.1) is 15.9 Å². The summed E-state index contributed by atoms with van der Waals surface area (Å²) in [5, 5.41) is 27.8. The average Bonchev–Trinajstić information content (AvgIpc) is 3.45. The van der Waals surface area contributed by atoms with E-state index in [1.807, 2.05) is 26.0 Å². The van der Waals surface area contributed by atoms with Gasteiger partial charge in [-0.25, -0.2) is 4.98 Å². The Hall–Kier alpha value is -3.35. The Balaban J connectivity index is 1.36. The van der Waals surface area contributed by atoms with Crippen LogP contribution in [-0.2, 0) is 4.79 Å². The molecule has 0 spiro atoms. The third-order valence-electron chi connectivity index (χ3n) is 4.76. The molecular weight excluding hydrogens is 492 g/mol. The van der Waals surface area contributed by atoms with E-state index >= 15 is 0 Å². The molecule has 0 saturated heterocycles. The second kappa shape index (κ2) is 10.3. The SMILES string of the molecule is Cc1ccc(Nc2nnc(S[C@H](C)C(=O)Nc3nc(-c4cccc([N+](=O)[O-])c4)cs3)s2)c(C)c1. The second-order valence-electron chi connectivity index (χ2n) is 7.41. The summed E-state index contributed by atoms with van der Waals surface area (Å²) in [6, 6.07) is 12.4. The molecule has 1 amide bonds. The van der Waals surface area contributed by atoms with Crippen LogP contribution >= 0.6 is 34.4 Å². The third kappa shape index (κ3) is 5.76. The molecule has 2 aromatic heterocycles. The molecule has 9 nitrogen and oxygen atoms in total. The molecular formula is C22H20N6O3S3. The van der Waals surface area contributed by atoms with Crippen molar-refractivity contribution >= 4 is 62.0 Å². The maximum absolute atomic E-state index is 12.7. The lowest BCUT2D eigenvalue weighted by molar-refractivity contribution is -0.384. The zero-order chi connectivity index (χ0) is 24.2. The molecule has 0 saturated carbocycles. The molecule has 2 N–H and O–H groups in total. The van der Waals surface area contributed by atoms with Crippen LogP contribution in [0, 0.1) is 24.0 Å². The fraction of sp³-hybridized carbons (Fsp3) is 0.182. The van der Waals surface area contributed by atoms with E-state index in [1.165, 1.54) is 52.1 Å². The quantitative estimate of drug-likeness (QED) is 0.166. The number of hydrogen-bond acceptors (Lipinski definition) is 10. The van der Waals surface area contributed by atoms with Gasteiger partial charge in [0.1, 0.15) is 0 Å². The minimum Gasteiger partial charge on any atom is -0.330 e. The molecule has 174 valence electrons. The molecule has 4 rings (SSSR count). The lowest BCUT2D eigenvalue weighted by Crippen LogP contribution is -2.22. The van der Waals surface area contributed by atoms with Gasteiger partial charge < -0.3 is 10.6 Å². The van der Waals surface area contributed by atoms with E-state index in [0.717, 1.165) is 11.3 Å². The van der Waals surface area contributed by atoms with Crippen LogP contribution in [-0.4, -0.2) is 31.3 Å². The Labute approximate surface area is 207 Å². The van der Waals surface area contributed by atoms with Crippen molar-refractivity contribution in [2.75, 3.05) is 10.6 Å². The van der Waals surface area contributed by atoms with Gasteiger partial charge in [-0.2, -0.15) is 0 Å². The molecule has 0 radical (unpaired) electrons. The number of hydrogen-bond donors (Lipinski definition) is 2. The number of thiazole rings is 1. The van der Waals surface area contributed by atoms with Crippen molar-refractivity contribution in [2.45, 2.75) is 30.4 Å². The molecule has 0 aliphatic carbocycles. The molecule has 0 aliphatic heterocycles. The van der Waals surface area contributed by atoms with Gasteiger partial charge in [-0.15, -0.1) is 21.5 Å². The third-order valence-corrected chi connectivity index (χ3v) is 7.54. The lowest BCUT2D eigenvalue weighted by Gasteiger charge is -2.08. The summed E-state index contributed by atoms with van der Waals surface area (Å²) in [4.78, 5) is 27.6. The van der Waals surface area contributed by atoms with Gasteiger partial charge in [-0.3, -0.25) is 14.9 Å². The van der Waals surface area contributed by atoms with Crippen LogP contribution in [0.2, 0.25) is 0 Å². The number of nitro groups is 1. The largest absolute Gasteiger partial charge is 0.330 e. The van der Waals surface area contributed by atoms with Crippen LogP contribution in [0.1, 0.15) is 18.1 Å². The Bertz CT molecular complexity index is 1350. The molecule has 12 heteroatoms. The van der Waals surface area contributed by atoms with Crippen LogP contribution < -0.4 is 10.6 Å². The van der Waals surface area contributed by atoms with Gasteiger partial charge in [0, 0.05) is 28.8 Å². The smallest absolute Gasteiger partial charge is 0.270 e. The number of thioether (sulfide) groups is 1. The van der Waals surface area contributed by atoms with Crippen LogP contribution in [0.5, 0.6) is 0 Å². The minimum atomic E-state index is -0.451. The van der Waals surface area contributed by atoms with Gasteiger partial charge in [0.25, 0.3) is 5.69 Å². The summed E-state index contributed by atoms with van der Waals surface area (Å²) in [7, 11) is 0. The number of aromatic nitrogens is 3. The molecule has 0 bridgehead atoms. The van der Waals surface area contributed by atoms with Crippen molar-refractivity contribution in [3.8, 4) is 11.3 Å². The molecule has 0 fully saturated rings. The van der Waals surface area contributed by atoms with Gasteiger partial charge >= 0.3 is 0 Å². The first-order valence-corrected chi connectivity index (χ1v) is 12.7. The van der Waals surface area contributed by atoms with Crippen molar-refractivity contribution in [2.24, 2.45) is 0 Å². The van der Waals surface area contributed by atoms with Crippen molar-refractivity contribution in [3.63, 3.8) is 0 Å². The van der Waals surface area contributed by atoms with Gasteiger partial charge in [-0.05, 0) is 32.4 Å². The number of carbonyl (C=O) groups excluding carboxylic acids is 1. The number of anilines is 3. The Morgan fingerprint density at radius 3 is 2.74 bits per heavy atom. The molecule has 2 aromatic carbocycles. The highest BCUT2D eigenvalue weighted by atomic mass is 32.2. The first-order chi connectivity index (χ1) is 16.3. The van der Waals surface area contributed by atoms with Crippen molar-refractivity contribution in [1.29, 1.82) is 0 Å².